The molecule has 0 saturated heterocycles. The Hall–Kier alpha value is -4.37. The maximum atomic E-state index is 15.0. The van der Waals surface area contributed by atoms with Gasteiger partial charge in [-0.15, -0.1) is 13.2 Å². The number of nitrogens with zero attached hydrogens (tertiary/aromatic N) is 6. The first-order valence-electron chi connectivity index (χ1n) is 12.5. The number of benzene rings is 2. The van der Waals surface area contributed by atoms with Crippen LogP contribution in [0.15, 0.2) is 67.5 Å². The number of halogens is 5. The van der Waals surface area contributed by atoms with Gasteiger partial charge in [-0.1, -0.05) is 17.4 Å². The molecule has 2 aromatic carbocycles. The molecule has 0 aliphatic carbocycles. The number of aromatic nitrogens is 5. The SMILES string of the molecule is CCN(C(=O)c1cn2cc(-c3ccc(OC(F)(F)F)cc3)sc2n1)[C@H](C)[C@](O)(Cn1cncn1)c1ccc(F)cc1F. The number of carbonyl (C=O) groups is 1. The van der Waals surface area contributed by atoms with Crippen LogP contribution in [0, 0.1) is 11.6 Å². The van der Waals surface area contributed by atoms with Crippen molar-refractivity contribution in [1.82, 2.24) is 29.0 Å². The van der Waals surface area contributed by atoms with Crippen molar-refractivity contribution in [3.8, 4) is 16.2 Å². The Morgan fingerprint density at radius 2 is 1.88 bits per heavy atom. The molecule has 2 atom stereocenters. The second-order valence-corrected chi connectivity index (χ2v) is 10.4. The van der Waals surface area contributed by atoms with Gasteiger partial charge in [0, 0.05) is 30.6 Å². The van der Waals surface area contributed by atoms with E-state index >= 15 is 0 Å². The number of imidazole rings is 1. The zero-order valence-corrected chi connectivity index (χ0v) is 22.9. The molecular formula is C27H23F5N6O3S. The van der Waals surface area contributed by atoms with Gasteiger partial charge in [-0.05, 0) is 49.7 Å². The summed E-state index contributed by atoms with van der Waals surface area (Å²) in [4.78, 5) is 24.4. The minimum absolute atomic E-state index is 0.0538. The second kappa shape index (κ2) is 11.1. The van der Waals surface area contributed by atoms with E-state index in [0.29, 0.717) is 21.5 Å². The highest BCUT2D eigenvalue weighted by Crippen LogP contribution is 2.35. The van der Waals surface area contributed by atoms with Crippen LogP contribution in [0.25, 0.3) is 15.4 Å². The first-order chi connectivity index (χ1) is 19.9. The Morgan fingerprint density at radius 1 is 1.14 bits per heavy atom. The summed E-state index contributed by atoms with van der Waals surface area (Å²) in [6.45, 7) is 3.07. The average Bonchev–Trinajstić information content (AvgIpc) is 3.65. The molecule has 220 valence electrons. The number of hydrogen-bond donors (Lipinski definition) is 1. The van der Waals surface area contributed by atoms with E-state index in [1.807, 2.05) is 0 Å². The number of hydrogen-bond acceptors (Lipinski definition) is 7. The predicted molar refractivity (Wildman–Crippen MR) is 142 cm³/mol. The number of likely N-dealkylation sites (N-methyl/N-ethyl adjacent to an activating group) is 1. The number of thiazole rings is 1. The van der Waals surface area contributed by atoms with Crippen LogP contribution in [-0.2, 0) is 12.1 Å². The lowest BCUT2D eigenvalue weighted by atomic mass is 9.85. The molecule has 0 aliphatic rings. The maximum absolute atomic E-state index is 15.0. The van der Waals surface area contributed by atoms with Crippen molar-refractivity contribution in [2.75, 3.05) is 6.54 Å². The molecule has 0 aliphatic heterocycles. The van der Waals surface area contributed by atoms with Crippen LogP contribution in [0.2, 0.25) is 0 Å². The van der Waals surface area contributed by atoms with Crippen molar-refractivity contribution in [1.29, 1.82) is 0 Å². The second-order valence-electron chi connectivity index (χ2n) is 9.39. The first-order valence-corrected chi connectivity index (χ1v) is 13.4. The van der Waals surface area contributed by atoms with E-state index in [1.165, 1.54) is 64.0 Å². The Balaban J connectivity index is 1.42. The third kappa shape index (κ3) is 5.83. The van der Waals surface area contributed by atoms with Crippen molar-refractivity contribution < 1.29 is 36.6 Å². The quantitative estimate of drug-likeness (QED) is 0.230. The van der Waals surface area contributed by atoms with Crippen LogP contribution in [-0.4, -0.2) is 59.0 Å². The topological polar surface area (TPSA) is 97.8 Å². The Bertz CT molecular complexity index is 1670. The summed E-state index contributed by atoms with van der Waals surface area (Å²) < 4.78 is 72.8. The highest BCUT2D eigenvalue weighted by molar-refractivity contribution is 7.20. The Labute approximate surface area is 239 Å². The van der Waals surface area contributed by atoms with Crippen LogP contribution in [0.4, 0.5) is 22.0 Å². The maximum Gasteiger partial charge on any atom is 0.573 e. The molecule has 0 spiro atoms. The fraction of sp³-hybridized carbons (Fsp3) is 0.259. The molecule has 1 N–H and O–H groups in total. The zero-order valence-electron chi connectivity index (χ0n) is 22.1. The van der Waals surface area contributed by atoms with Crippen LogP contribution < -0.4 is 4.74 Å². The van der Waals surface area contributed by atoms with Crippen LogP contribution in [0.5, 0.6) is 5.75 Å². The largest absolute Gasteiger partial charge is 0.573 e. The summed E-state index contributed by atoms with van der Waals surface area (Å²) in [6, 6.07) is 7.12. The molecule has 0 bridgehead atoms. The van der Waals surface area contributed by atoms with Crippen molar-refractivity contribution in [3.05, 3.63) is 90.4 Å². The Kier molecular flexibility index (Phi) is 7.72. The molecule has 0 fully saturated rings. The third-order valence-electron chi connectivity index (χ3n) is 6.77. The fourth-order valence-electron chi connectivity index (χ4n) is 4.70. The number of amides is 1. The molecule has 5 rings (SSSR count). The number of ether oxygens (including phenoxy) is 1. The molecule has 3 heterocycles. The minimum Gasteiger partial charge on any atom is -0.406 e. The monoisotopic (exact) mass is 606 g/mol. The van der Waals surface area contributed by atoms with Gasteiger partial charge in [0.15, 0.2) is 4.96 Å². The standard InChI is InChI=1S/C27H23F5N6O3S/c1-3-38(16(2)26(40,13-37-15-33-14-34-37)20-9-6-18(28)10-21(20)29)24(39)22-11-36-12-23(42-25(36)35-22)17-4-7-19(8-5-17)41-27(30,31)32/h4-12,14-16,40H,3,13H2,1-2H3/t16-,26-/m1/s1. The van der Waals surface area contributed by atoms with Gasteiger partial charge in [-0.25, -0.2) is 23.4 Å². The van der Waals surface area contributed by atoms with Crippen LogP contribution >= 0.6 is 11.3 Å². The minimum atomic E-state index is -4.79. The molecule has 0 unspecified atom stereocenters. The van der Waals surface area contributed by atoms with Crippen molar-refractivity contribution in [3.63, 3.8) is 0 Å². The molecule has 0 radical (unpaired) electrons. The molecule has 5 aromatic rings. The zero-order chi connectivity index (χ0) is 30.2. The van der Waals surface area contributed by atoms with Gasteiger partial charge in [-0.2, -0.15) is 5.10 Å². The highest BCUT2D eigenvalue weighted by atomic mass is 32.1. The molecule has 1 amide bonds. The van der Waals surface area contributed by atoms with E-state index < -0.39 is 35.5 Å². The van der Waals surface area contributed by atoms with Gasteiger partial charge in [0.1, 0.15) is 41.3 Å². The van der Waals surface area contributed by atoms with Gasteiger partial charge in [0.2, 0.25) is 0 Å². The van der Waals surface area contributed by atoms with E-state index in [9.17, 15) is 31.9 Å². The lowest BCUT2D eigenvalue weighted by Crippen LogP contribution is -2.54. The van der Waals surface area contributed by atoms with Gasteiger partial charge >= 0.3 is 6.36 Å². The van der Waals surface area contributed by atoms with E-state index in [1.54, 1.807) is 24.4 Å². The highest BCUT2D eigenvalue weighted by Gasteiger charge is 2.43. The predicted octanol–water partition coefficient (Wildman–Crippen LogP) is 5.27. The number of aliphatic hydroxyl groups is 1. The van der Waals surface area contributed by atoms with Crippen LogP contribution in [0.3, 0.4) is 0 Å². The lowest BCUT2D eigenvalue weighted by molar-refractivity contribution is -0.274. The van der Waals surface area contributed by atoms with E-state index in [0.717, 1.165) is 12.1 Å². The van der Waals surface area contributed by atoms with Gasteiger partial charge in [0.05, 0.1) is 17.5 Å². The summed E-state index contributed by atoms with van der Waals surface area (Å²) in [5, 5.41) is 15.9. The molecule has 15 heteroatoms. The number of fused-ring (bicyclic) bond motifs is 1. The van der Waals surface area contributed by atoms with Gasteiger partial charge in [-0.3, -0.25) is 9.20 Å². The van der Waals surface area contributed by atoms with Crippen molar-refractivity contribution in [2.45, 2.75) is 38.4 Å². The molecule has 3 aromatic heterocycles. The summed E-state index contributed by atoms with van der Waals surface area (Å²) >= 11 is 1.21. The normalized spacial score (nSPS) is 14.1. The third-order valence-corrected chi connectivity index (χ3v) is 7.82. The van der Waals surface area contributed by atoms with Gasteiger partial charge < -0.3 is 14.7 Å². The average molecular weight is 607 g/mol. The first kappa shape index (κ1) is 29.1. The molecule has 9 nitrogen and oxygen atoms in total. The molecule has 0 saturated carbocycles. The van der Waals surface area contributed by atoms with Crippen LogP contribution in [0.1, 0.15) is 29.9 Å². The summed E-state index contributed by atoms with van der Waals surface area (Å²) in [6.07, 6.45) is 0.944. The summed E-state index contributed by atoms with van der Waals surface area (Å²) in [7, 11) is 0. The summed E-state index contributed by atoms with van der Waals surface area (Å²) in [5.41, 5.74) is -1.58. The van der Waals surface area contributed by atoms with E-state index in [2.05, 4.69) is 19.8 Å². The van der Waals surface area contributed by atoms with Crippen molar-refractivity contribution >= 4 is 22.2 Å². The summed E-state index contributed by atoms with van der Waals surface area (Å²) in [5.74, 6) is -2.70. The smallest absolute Gasteiger partial charge is 0.406 e. The number of alkyl halides is 3. The lowest BCUT2D eigenvalue weighted by Gasteiger charge is -2.40. The Morgan fingerprint density at radius 3 is 2.48 bits per heavy atom. The van der Waals surface area contributed by atoms with Crippen molar-refractivity contribution in [2.24, 2.45) is 0 Å². The van der Waals surface area contributed by atoms with E-state index in [-0.39, 0.29) is 30.1 Å². The van der Waals surface area contributed by atoms with E-state index in [4.69, 9.17) is 0 Å². The fourth-order valence-corrected chi connectivity index (χ4v) is 5.67. The molecular weight excluding hydrogens is 583 g/mol. The van der Waals surface area contributed by atoms with Gasteiger partial charge in [0.25, 0.3) is 5.91 Å². The molecule has 42 heavy (non-hydrogen) atoms. The number of carbonyl (C=O) groups excluding carboxylic acids is 1. The number of rotatable bonds is 9.